The molecule has 0 radical (unpaired) electrons. The van der Waals surface area contributed by atoms with Gasteiger partial charge in [0, 0.05) is 37.3 Å². The van der Waals surface area contributed by atoms with Gasteiger partial charge in [-0.15, -0.1) is 0 Å². The molecular weight excluding hydrogens is 336 g/mol. The van der Waals surface area contributed by atoms with E-state index in [4.69, 9.17) is 4.74 Å². The van der Waals surface area contributed by atoms with Crippen LogP contribution in [0.3, 0.4) is 0 Å². The first-order valence-corrected chi connectivity index (χ1v) is 9.41. The van der Waals surface area contributed by atoms with Crippen LogP contribution in [0.15, 0.2) is 66.7 Å². The van der Waals surface area contributed by atoms with E-state index in [2.05, 4.69) is 48.2 Å². The van der Waals surface area contributed by atoms with Crippen LogP contribution in [0.1, 0.15) is 5.56 Å². The summed E-state index contributed by atoms with van der Waals surface area (Å²) in [6, 6.07) is 22.5. The molecule has 1 aliphatic heterocycles. The number of nitrogens with zero attached hydrogens (tertiary/aromatic N) is 2. The van der Waals surface area contributed by atoms with E-state index in [0.29, 0.717) is 0 Å². The van der Waals surface area contributed by atoms with E-state index in [1.54, 1.807) is 0 Å². The second-order valence-corrected chi connectivity index (χ2v) is 6.97. The Morgan fingerprint density at radius 3 is 2.48 bits per heavy atom. The van der Waals surface area contributed by atoms with Crippen molar-refractivity contribution in [2.45, 2.75) is 6.92 Å². The molecular formula is C23H24N2O2. The number of rotatable bonds is 4. The topological polar surface area (TPSA) is 32.8 Å². The van der Waals surface area contributed by atoms with Crippen LogP contribution in [0.25, 0.3) is 10.8 Å². The summed E-state index contributed by atoms with van der Waals surface area (Å²) in [6.07, 6.45) is 0. The Balaban J connectivity index is 1.34. The molecule has 4 heteroatoms. The van der Waals surface area contributed by atoms with E-state index < -0.39 is 0 Å². The normalized spacial score (nSPS) is 14.4. The molecule has 0 bridgehead atoms. The van der Waals surface area contributed by atoms with Gasteiger partial charge in [-0.05, 0) is 36.1 Å². The highest BCUT2D eigenvalue weighted by Crippen LogP contribution is 2.25. The summed E-state index contributed by atoms with van der Waals surface area (Å²) in [7, 11) is 0. The zero-order valence-electron chi connectivity index (χ0n) is 15.6. The highest BCUT2D eigenvalue weighted by molar-refractivity contribution is 5.88. The van der Waals surface area contributed by atoms with Crippen LogP contribution in [0.4, 0.5) is 5.69 Å². The quantitative estimate of drug-likeness (QED) is 0.708. The van der Waals surface area contributed by atoms with Crippen LogP contribution in [-0.4, -0.2) is 43.6 Å². The molecule has 0 N–H and O–H groups in total. The minimum Gasteiger partial charge on any atom is -0.483 e. The average molecular weight is 360 g/mol. The molecule has 27 heavy (non-hydrogen) atoms. The number of anilines is 1. The maximum atomic E-state index is 12.6. The molecule has 1 fully saturated rings. The number of ether oxygens (including phenoxy) is 1. The first kappa shape index (κ1) is 17.4. The van der Waals surface area contributed by atoms with E-state index in [9.17, 15) is 4.79 Å². The van der Waals surface area contributed by atoms with Gasteiger partial charge in [0.2, 0.25) is 0 Å². The van der Waals surface area contributed by atoms with Gasteiger partial charge in [-0.3, -0.25) is 4.79 Å². The van der Waals surface area contributed by atoms with Crippen molar-refractivity contribution in [2.75, 3.05) is 37.7 Å². The molecule has 0 spiro atoms. The summed E-state index contributed by atoms with van der Waals surface area (Å²) in [4.78, 5) is 16.8. The highest BCUT2D eigenvalue weighted by Gasteiger charge is 2.21. The van der Waals surface area contributed by atoms with Gasteiger partial charge < -0.3 is 14.5 Å². The Labute approximate surface area is 160 Å². The van der Waals surface area contributed by atoms with Crippen molar-refractivity contribution < 1.29 is 9.53 Å². The molecule has 1 aliphatic rings. The van der Waals surface area contributed by atoms with E-state index in [1.165, 1.54) is 11.3 Å². The minimum absolute atomic E-state index is 0.0480. The fourth-order valence-corrected chi connectivity index (χ4v) is 3.59. The Hall–Kier alpha value is -3.01. The zero-order valence-corrected chi connectivity index (χ0v) is 15.6. The van der Waals surface area contributed by atoms with Gasteiger partial charge in [-0.1, -0.05) is 48.5 Å². The molecule has 0 atom stereocenters. The number of benzene rings is 3. The number of piperazine rings is 1. The summed E-state index contributed by atoms with van der Waals surface area (Å²) < 4.78 is 5.86. The van der Waals surface area contributed by atoms with Crippen LogP contribution >= 0.6 is 0 Å². The Morgan fingerprint density at radius 1 is 0.926 bits per heavy atom. The first-order valence-electron chi connectivity index (χ1n) is 9.41. The number of hydrogen-bond acceptors (Lipinski definition) is 3. The van der Waals surface area contributed by atoms with Crippen molar-refractivity contribution in [3.05, 3.63) is 72.3 Å². The van der Waals surface area contributed by atoms with E-state index in [1.807, 2.05) is 35.2 Å². The number of amides is 1. The van der Waals surface area contributed by atoms with Gasteiger partial charge in [0.1, 0.15) is 5.75 Å². The molecule has 4 nitrogen and oxygen atoms in total. The minimum atomic E-state index is 0.0480. The van der Waals surface area contributed by atoms with Crippen LogP contribution in [0, 0.1) is 6.92 Å². The van der Waals surface area contributed by atoms with Crippen LogP contribution < -0.4 is 9.64 Å². The van der Waals surface area contributed by atoms with Gasteiger partial charge in [0.25, 0.3) is 5.91 Å². The zero-order chi connectivity index (χ0) is 18.6. The van der Waals surface area contributed by atoms with Gasteiger partial charge in [0.05, 0.1) is 0 Å². The van der Waals surface area contributed by atoms with Crippen molar-refractivity contribution in [2.24, 2.45) is 0 Å². The fourth-order valence-electron chi connectivity index (χ4n) is 3.59. The Bertz CT molecular complexity index is 941. The van der Waals surface area contributed by atoms with Gasteiger partial charge >= 0.3 is 0 Å². The summed E-state index contributed by atoms with van der Waals surface area (Å²) in [6.45, 7) is 5.34. The predicted molar refractivity (Wildman–Crippen MR) is 109 cm³/mol. The summed E-state index contributed by atoms with van der Waals surface area (Å²) >= 11 is 0. The Kier molecular flexibility index (Phi) is 4.97. The summed E-state index contributed by atoms with van der Waals surface area (Å²) in [5.74, 6) is 0.812. The number of fused-ring (bicyclic) bond motifs is 1. The van der Waals surface area contributed by atoms with Gasteiger partial charge in [0.15, 0.2) is 6.61 Å². The second-order valence-electron chi connectivity index (χ2n) is 6.97. The lowest BCUT2D eigenvalue weighted by Crippen LogP contribution is -2.50. The molecule has 1 heterocycles. The second kappa shape index (κ2) is 7.70. The van der Waals surface area contributed by atoms with Crippen molar-refractivity contribution in [3.8, 4) is 5.75 Å². The smallest absolute Gasteiger partial charge is 0.260 e. The van der Waals surface area contributed by atoms with Crippen LogP contribution in [-0.2, 0) is 4.79 Å². The van der Waals surface area contributed by atoms with E-state index in [0.717, 1.165) is 42.7 Å². The van der Waals surface area contributed by atoms with Crippen molar-refractivity contribution >= 4 is 22.4 Å². The summed E-state index contributed by atoms with van der Waals surface area (Å²) in [5.41, 5.74) is 2.49. The van der Waals surface area contributed by atoms with E-state index in [-0.39, 0.29) is 12.5 Å². The predicted octanol–water partition coefficient (Wildman–Crippen LogP) is 3.88. The molecule has 1 amide bonds. The van der Waals surface area contributed by atoms with E-state index >= 15 is 0 Å². The monoisotopic (exact) mass is 360 g/mol. The lowest BCUT2D eigenvalue weighted by Gasteiger charge is -2.36. The lowest BCUT2D eigenvalue weighted by atomic mass is 10.1. The number of aryl methyl sites for hydroxylation is 1. The number of hydrogen-bond donors (Lipinski definition) is 0. The SMILES string of the molecule is Cc1cccc(N2CCN(C(=O)COc3cccc4ccccc34)CC2)c1. The lowest BCUT2D eigenvalue weighted by molar-refractivity contribution is -0.133. The van der Waals surface area contributed by atoms with Crippen LogP contribution in [0.2, 0.25) is 0 Å². The molecule has 0 saturated carbocycles. The molecule has 138 valence electrons. The number of carbonyl (C=O) groups is 1. The molecule has 3 aromatic rings. The third-order valence-electron chi connectivity index (χ3n) is 5.10. The van der Waals surface area contributed by atoms with Gasteiger partial charge in [-0.2, -0.15) is 0 Å². The van der Waals surface area contributed by atoms with Crippen molar-refractivity contribution in [1.82, 2.24) is 4.90 Å². The largest absolute Gasteiger partial charge is 0.483 e. The third kappa shape index (κ3) is 3.90. The third-order valence-corrected chi connectivity index (χ3v) is 5.10. The number of carbonyl (C=O) groups excluding carboxylic acids is 1. The fraction of sp³-hybridized carbons (Fsp3) is 0.261. The molecule has 0 aromatic heterocycles. The molecule has 0 unspecified atom stereocenters. The maximum Gasteiger partial charge on any atom is 0.260 e. The Morgan fingerprint density at radius 2 is 1.67 bits per heavy atom. The molecule has 1 saturated heterocycles. The first-order chi connectivity index (χ1) is 13.2. The maximum absolute atomic E-state index is 12.6. The van der Waals surface area contributed by atoms with Crippen molar-refractivity contribution in [1.29, 1.82) is 0 Å². The highest BCUT2D eigenvalue weighted by atomic mass is 16.5. The summed E-state index contributed by atoms with van der Waals surface area (Å²) in [5, 5.41) is 2.16. The van der Waals surface area contributed by atoms with Crippen molar-refractivity contribution in [3.63, 3.8) is 0 Å². The molecule has 0 aliphatic carbocycles. The standard InChI is InChI=1S/C23H24N2O2/c1-18-6-4-9-20(16-18)24-12-14-25(15-13-24)23(26)17-27-22-11-5-8-19-7-2-3-10-21(19)22/h2-11,16H,12-15,17H2,1H3. The van der Waals surface area contributed by atoms with Crippen LogP contribution in [0.5, 0.6) is 5.75 Å². The van der Waals surface area contributed by atoms with Gasteiger partial charge in [-0.25, -0.2) is 0 Å². The molecule has 4 rings (SSSR count). The average Bonchev–Trinajstić information content (AvgIpc) is 2.72. The molecule has 3 aromatic carbocycles.